The molecule has 0 aromatic carbocycles. The van der Waals surface area contributed by atoms with E-state index in [0.29, 0.717) is 0 Å². The lowest BCUT2D eigenvalue weighted by Crippen LogP contribution is -2.02. The summed E-state index contributed by atoms with van der Waals surface area (Å²) in [6, 6.07) is 0. The van der Waals surface area contributed by atoms with Gasteiger partial charge in [0.25, 0.3) is 0 Å². The molecular formula is C8H15O3P. The first kappa shape index (κ1) is 11.6. The first-order valence-corrected chi connectivity index (χ1v) is 4.95. The summed E-state index contributed by atoms with van der Waals surface area (Å²) in [7, 11) is -2.40. The minimum atomic E-state index is -2.40. The van der Waals surface area contributed by atoms with Gasteiger partial charge in [0.1, 0.15) is 0 Å². The molecule has 0 aliphatic rings. The average molecular weight is 190 g/mol. The Morgan fingerprint density at radius 2 is 1.50 bits per heavy atom. The normalized spacial score (nSPS) is 17.8. The van der Waals surface area contributed by atoms with Gasteiger partial charge in [-0.15, -0.1) is 13.2 Å². The van der Waals surface area contributed by atoms with E-state index < -0.39 is 8.25 Å². The third kappa shape index (κ3) is 5.30. The van der Waals surface area contributed by atoms with E-state index in [4.69, 9.17) is 9.05 Å². The van der Waals surface area contributed by atoms with E-state index in [0.717, 1.165) is 0 Å². The summed E-state index contributed by atoms with van der Waals surface area (Å²) in [4.78, 5) is 0. The maximum atomic E-state index is 11.0. The van der Waals surface area contributed by atoms with Gasteiger partial charge in [0.15, 0.2) is 0 Å². The molecule has 0 aliphatic carbocycles. The summed E-state index contributed by atoms with van der Waals surface area (Å²) in [6.07, 6.45) is 2.64. The molecular weight excluding hydrogens is 175 g/mol. The van der Waals surface area contributed by atoms with E-state index in [1.54, 1.807) is 26.0 Å². The van der Waals surface area contributed by atoms with E-state index >= 15 is 0 Å². The number of hydrogen-bond acceptors (Lipinski definition) is 3. The second-order valence-electron chi connectivity index (χ2n) is 2.37. The number of rotatable bonds is 6. The van der Waals surface area contributed by atoms with Crippen LogP contribution in [0.4, 0.5) is 0 Å². The first-order chi connectivity index (χ1) is 5.60. The molecule has 0 saturated heterocycles. The Kier molecular flexibility index (Phi) is 5.99. The molecule has 2 unspecified atom stereocenters. The predicted molar refractivity (Wildman–Crippen MR) is 50.5 cm³/mol. The molecule has 0 fully saturated rings. The molecule has 0 amide bonds. The van der Waals surface area contributed by atoms with E-state index in [1.165, 1.54) is 0 Å². The lowest BCUT2D eigenvalue weighted by molar-refractivity contribution is 0.184. The summed E-state index contributed by atoms with van der Waals surface area (Å²) in [5.74, 6) is 0. The molecule has 0 saturated carbocycles. The van der Waals surface area contributed by atoms with Crippen LogP contribution in [-0.2, 0) is 13.6 Å². The third-order valence-electron chi connectivity index (χ3n) is 1.23. The summed E-state index contributed by atoms with van der Waals surface area (Å²) >= 11 is 0. The molecule has 0 N–H and O–H groups in total. The van der Waals surface area contributed by atoms with Gasteiger partial charge in [0.05, 0.1) is 12.2 Å². The minimum Gasteiger partial charge on any atom is -0.303 e. The molecule has 12 heavy (non-hydrogen) atoms. The van der Waals surface area contributed by atoms with Crippen molar-refractivity contribution in [2.24, 2.45) is 0 Å². The van der Waals surface area contributed by atoms with Crippen molar-refractivity contribution in [2.45, 2.75) is 26.1 Å². The van der Waals surface area contributed by atoms with Crippen molar-refractivity contribution >= 4 is 8.25 Å². The molecule has 0 rings (SSSR count). The van der Waals surface area contributed by atoms with Crippen LogP contribution in [0.3, 0.4) is 0 Å². The van der Waals surface area contributed by atoms with Crippen molar-refractivity contribution in [3.05, 3.63) is 25.3 Å². The van der Waals surface area contributed by atoms with Gasteiger partial charge in [-0.3, -0.25) is 4.57 Å². The van der Waals surface area contributed by atoms with Crippen LogP contribution >= 0.6 is 8.25 Å². The van der Waals surface area contributed by atoms with Crippen molar-refractivity contribution in [1.29, 1.82) is 0 Å². The molecule has 0 spiro atoms. The van der Waals surface area contributed by atoms with Crippen LogP contribution in [0.2, 0.25) is 0 Å². The Balaban J connectivity index is 3.73. The Hall–Kier alpha value is -0.370. The fraction of sp³-hybridized carbons (Fsp3) is 0.500. The molecule has 0 aromatic rings. The Bertz CT molecular complexity index is 161. The van der Waals surface area contributed by atoms with E-state index in [-0.39, 0.29) is 12.2 Å². The smallest absolute Gasteiger partial charge is 0.303 e. The molecule has 0 aliphatic heterocycles. The Morgan fingerprint density at radius 1 is 1.17 bits per heavy atom. The van der Waals surface area contributed by atoms with Crippen molar-refractivity contribution in [1.82, 2.24) is 0 Å². The average Bonchev–Trinajstić information content (AvgIpc) is 2.03. The van der Waals surface area contributed by atoms with Gasteiger partial charge in [-0.1, -0.05) is 12.2 Å². The Morgan fingerprint density at radius 3 is 1.75 bits per heavy atom. The molecule has 0 aromatic heterocycles. The maximum absolute atomic E-state index is 11.0. The van der Waals surface area contributed by atoms with Crippen LogP contribution in [0.25, 0.3) is 0 Å². The zero-order chi connectivity index (χ0) is 9.56. The summed E-state index contributed by atoms with van der Waals surface area (Å²) in [6.45, 7) is 10.5. The molecule has 0 radical (unpaired) electrons. The summed E-state index contributed by atoms with van der Waals surface area (Å²) < 4.78 is 20.9. The second-order valence-corrected chi connectivity index (χ2v) is 3.34. The van der Waals surface area contributed by atoms with Crippen LogP contribution in [0.1, 0.15) is 13.8 Å². The zero-order valence-corrected chi connectivity index (χ0v) is 8.45. The van der Waals surface area contributed by atoms with Gasteiger partial charge in [0.2, 0.25) is 0 Å². The van der Waals surface area contributed by atoms with Crippen molar-refractivity contribution in [2.75, 3.05) is 0 Å². The molecule has 0 heterocycles. The van der Waals surface area contributed by atoms with Crippen LogP contribution in [0, 0.1) is 0 Å². The molecule has 3 nitrogen and oxygen atoms in total. The molecule has 4 heteroatoms. The lowest BCUT2D eigenvalue weighted by atomic mass is 10.4. The lowest BCUT2D eigenvalue weighted by Gasteiger charge is -2.10. The van der Waals surface area contributed by atoms with Gasteiger partial charge in [0, 0.05) is 0 Å². The van der Waals surface area contributed by atoms with Crippen LogP contribution < -0.4 is 0 Å². The van der Waals surface area contributed by atoms with E-state index in [2.05, 4.69) is 13.2 Å². The maximum Gasteiger partial charge on any atom is 0.320 e. The zero-order valence-electron chi connectivity index (χ0n) is 7.45. The third-order valence-corrected chi connectivity index (χ3v) is 2.36. The van der Waals surface area contributed by atoms with Gasteiger partial charge >= 0.3 is 8.25 Å². The molecule has 2 atom stereocenters. The van der Waals surface area contributed by atoms with E-state index in [9.17, 15) is 4.57 Å². The predicted octanol–water partition coefficient (Wildman–Crippen LogP) is 2.56. The SMILES string of the molecule is C=CC(C)O[PH](=O)OC(C)C=C. The van der Waals surface area contributed by atoms with Crippen molar-refractivity contribution < 1.29 is 13.6 Å². The highest BCUT2D eigenvalue weighted by Crippen LogP contribution is 2.28. The van der Waals surface area contributed by atoms with Crippen LogP contribution in [0.5, 0.6) is 0 Å². The fourth-order valence-electron chi connectivity index (χ4n) is 0.428. The second kappa shape index (κ2) is 6.18. The van der Waals surface area contributed by atoms with Crippen LogP contribution in [-0.4, -0.2) is 12.2 Å². The quantitative estimate of drug-likeness (QED) is 0.477. The van der Waals surface area contributed by atoms with Gasteiger partial charge in [-0.25, -0.2) is 0 Å². The first-order valence-electron chi connectivity index (χ1n) is 3.72. The highest BCUT2D eigenvalue weighted by molar-refractivity contribution is 7.33. The number of hydrogen-bond donors (Lipinski definition) is 0. The van der Waals surface area contributed by atoms with Gasteiger partial charge in [-0.2, -0.15) is 0 Å². The largest absolute Gasteiger partial charge is 0.320 e. The van der Waals surface area contributed by atoms with Gasteiger partial charge in [-0.05, 0) is 13.8 Å². The molecule has 70 valence electrons. The highest BCUT2D eigenvalue weighted by Gasteiger charge is 2.06. The topological polar surface area (TPSA) is 35.5 Å². The molecule has 0 bridgehead atoms. The fourth-order valence-corrected chi connectivity index (χ4v) is 1.28. The highest BCUT2D eigenvalue weighted by atomic mass is 31.1. The van der Waals surface area contributed by atoms with Gasteiger partial charge < -0.3 is 9.05 Å². The minimum absolute atomic E-state index is 0.242. The van der Waals surface area contributed by atoms with Crippen molar-refractivity contribution in [3.63, 3.8) is 0 Å². The van der Waals surface area contributed by atoms with Crippen molar-refractivity contribution in [3.8, 4) is 0 Å². The standard InChI is InChI=1S/C8H15O3P/c1-5-7(3)10-12(9)11-8(4)6-2/h5-8,12H,1-2H2,3-4H3. The summed E-state index contributed by atoms with van der Waals surface area (Å²) in [5.41, 5.74) is 0. The van der Waals surface area contributed by atoms with E-state index in [1.807, 2.05) is 0 Å². The summed E-state index contributed by atoms with van der Waals surface area (Å²) in [5, 5.41) is 0. The Labute approximate surface area is 74.0 Å². The van der Waals surface area contributed by atoms with Crippen LogP contribution in [0.15, 0.2) is 25.3 Å². The monoisotopic (exact) mass is 190 g/mol.